The molecule has 1 heterocycles. The maximum Gasteiger partial charge on any atom is 0.257 e. The van der Waals surface area contributed by atoms with E-state index in [1.165, 1.54) is 18.3 Å². The molecule has 92 valence electrons. The van der Waals surface area contributed by atoms with Gasteiger partial charge in [-0.3, -0.25) is 9.78 Å². The molecule has 0 spiro atoms. The van der Waals surface area contributed by atoms with Crippen LogP contribution in [-0.4, -0.2) is 10.9 Å². The van der Waals surface area contributed by atoms with Crippen LogP contribution in [0.25, 0.3) is 0 Å². The molecular formula is C13H10F2N2O. The highest BCUT2D eigenvalue weighted by atomic mass is 19.1. The summed E-state index contributed by atoms with van der Waals surface area (Å²) in [5.74, 6) is -2.22. The molecule has 2 aromatic rings. The summed E-state index contributed by atoms with van der Waals surface area (Å²) in [7, 11) is 0. The molecule has 1 aromatic carbocycles. The highest BCUT2D eigenvalue weighted by Gasteiger charge is 2.14. The van der Waals surface area contributed by atoms with Crippen LogP contribution in [0.3, 0.4) is 0 Å². The average Bonchev–Trinajstić information content (AvgIpc) is 2.34. The minimum Gasteiger partial charge on any atom is -0.317 e. The zero-order valence-electron chi connectivity index (χ0n) is 9.58. The van der Waals surface area contributed by atoms with Gasteiger partial charge in [0.2, 0.25) is 0 Å². The Hall–Kier alpha value is -2.30. The van der Waals surface area contributed by atoms with Crippen LogP contribution in [0.15, 0.2) is 36.5 Å². The first-order valence-electron chi connectivity index (χ1n) is 5.26. The minimum atomic E-state index is -0.815. The van der Waals surface area contributed by atoms with Crippen LogP contribution < -0.4 is 5.32 Å². The topological polar surface area (TPSA) is 42.0 Å². The third-order valence-corrected chi connectivity index (χ3v) is 2.45. The maximum atomic E-state index is 13.4. The van der Waals surface area contributed by atoms with Crippen molar-refractivity contribution < 1.29 is 13.6 Å². The maximum absolute atomic E-state index is 13.4. The standard InChI is InChI=1S/C13H10F2N2O/c1-8-9(4-3-7-16-8)13(18)17-12-10(14)5-2-6-11(12)15/h2-7H,1H3,(H,17,18). The molecule has 18 heavy (non-hydrogen) atoms. The summed E-state index contributed by atoms with van der Waals surface area (Å²) in [6.45, 7) is 1.65. The second-order valence-electron chi connectivity index (χ2n) is 3.69. The fourth-order valence-electron chi connectivity index (χ4n) is 1.52. The summed E-state index contributed by atoms with van der Waals surface area (Å²) in [6.07, 6.45) is 1.54. The van der Waals surface area contributed by atoms with Gasteiger partial charge in [0.25, 0.3) is 5.91 Å². The number of aryl methyl sites for hydroxylation is 1. The minimum absolute atomic E-state index is 0.278. The van der Waals surface area contributed by atoms with Gasteiger partial charge >= 0.3 is 0 Å². The van der Waals surface area contributed by atoms with E-state index in [-0.39, 0.29) is 5.56 Å². The van der Waals surface area contributed by atoms with Gasteiger partial charge < -0.3 is 5.32 Å². The third kappa shape index (κ3) is 2.34. The molecule has 1 amide bonds. The normalized spacial score (nSPS) is 10.2. The largest absolute Gasteiger partial charge is 0.317 e. The number of hydrogen-bond acceptors (Lipinski definition) is 2. The lowest BCUT2D eigenvalue weighted by atomic mass is 10.2. The number of nitrogens with one attached hydrogen (secondary N) is 1. The van der Waals surface area contributed by atoms with Crippen LogP contribution in [0.5, 0.6) is 0 Å². The number of pyridine rings is 1. The molecule has 2 rings (SSSR count). The summed E-state index contributed by atoms with van der Waals surface area (Å²) in [5, 5.41) is 2.21. The number of aromatic nitrogens is 1. The first-order chi connectivity index (χ1) is 8.59. The van der Waals surface area contributed by atoms with Crippen LogP contribution in [0.4, 0.5) is 14.5 Å². The molecule has 0 aliphatic heterocycles. The molecule has 0 aliphatic carbocycles. The van der Waals surface area contributed by atoms with E-state index in [9.17, 15) is 13.6 Å². The lowest BCUT2D eigenvalue weighted by Gasteiger charge is -2.08. The van der Waals surface area contributed by atoms with Crippen molar-refractivity contribution in [1.82, 2.24) is 4.98 Å². The smallest absolute Gasteiger partial charge is 0.257 e. The predicted octanol–water partition coefficient (Wildman–Crippen LogP) is 2.92. The quantitative estimate of drug-likeness (QED) is 0.887. The highest BCUT2D eigenvalue weighted by molar-refractivity contribution is 6.05. The van der Waals surface area contributed by atoms with E-state index in [4.69, 9.17) is 0 Å². The van der Waals surface area contributed by atoms with Crippen molar-refractivity contribution in [2.45, 2.75) is 6.92 Å². The molecule has 0 fully saturated rings. The number of carbonyl (C=O) groups excluding carboxylic acids is 1. The number of benzene rings is 1. The van der Waals surface area contributed by atoms with Gasteiger partial charge in [0, 0.05) is 11.9 Å². The van der Waals surface area contributed by atoms with E-state index in [2.05, 4.69) is 10.3 Å². The van der Waals surface area contributed by atoms with Gasteiger partial charge in [-0.05, 0) is 31.2 Å². The van der Waals surface area contributed by atoms with Gasteiger partial charge in [-0.25, -0.2) is 8.78 Å². The number of carbonyl (C=O) groups is 1. The molecule has 1 N–H and O–H groups in total. The van der Waals surface area contributed by atoms with Crippen LogP contribution in [-0.2, 0) is 0 Å². The van der Waals surface area contributed by atoms with Gasteiger partial charge in [-0.15, -0.1) is 0 Å². The van der Waals surface area contributed by atoms with E-state index in [0.717, 1.165) is 12.1 Å². The van der Waals surface area contributed by atoms with E-state index >= 15 is 0 Å². The van der Waals surface area contributed by atoms with Gasteiger partial charge in [0.1, 0.15) is 17.3 Å². The summed E-state index contributed by atoms with van der Waals surface area (Å²) in [5.41, 5.74) is 0.317. The SMILES string of the molecule is Cc1ncccc1C(=O)Nc1c(F)cccc1F. The second-order valence-corrected chi connectivity index (χ2v) is 3.69. The Bertz CT molecular complexity index is 579. The lowest BCUT2D eigenvalue weighted by molar-refractivity contribution is 0.102. The van der Waals surface area contributed by atoms with Crippen molar-refractivity contribution >= 4 is 11.6 Å². The molecular weight excluding hydrogens is 238 g/mol. The van der Waals surface area contributed by atoms with E-state index < -0.39 is 23.2 Å². The van der Waals surface area contributed by atoms with Gasteiger partial charge in [0.05, 0.1) is 5.56 Å². The van der Waals surface area contributed by atoms with Crippen molar-refractivity contribution in [3.05, 3.63) is 59.4 Å². The van der Waals surface area contributed by atoms with Crippen molar-refractivity contribution in [3.63, 3.8) is 0 Å². The van der Waals surface area contributed by atoms with E-state index in [0.29, 0.717) is 5.69 Å². The summed E-state index contributed by atoms with van der Waals surface area (Å²) in [4.78, 5) is 15.8. The molecule has 3 nitrogen and oxygen atoms in total. The van der Waals surface area contributed by atoms with Crippen molar-refractivity contribution in [3.8, 4) is 0 Å². The van der Waals surface area contributed by atoms with Crippen LogP contribution in [0.2, 0.25) is 0 Å². The Balaban J connectivity index is 2.30. The predicted molar refractivity (Wildman–Crippen MR) is 63.3 cm³/mol. The Labute approximate surface area is 102 Å². The lowest BCUT2D eigenvalue weighted by Crippen LogP contribution is -2.16. The van der Waals surface area contributed by atoms with Crippen molar-refractivity contribution in [2.24, 2.45) is 0 Å². The summed E-state index contributed by atoms with van der Waals surface area (Å²) >= 11 is 0. The van der Waals surface area contributed by atoms with E-state index in [1.807, 2.05) is 0 Å². The zero-order chi connectivity index (χ0) is 13.1. The first-order valence-corrected chi connectivity index (χ1v) is 5.26. The molecule has 0 unspecified atom stereocenters. The van der Waals surface area contributed by atoms with Crippen molar-refractivity contribution in [2.75, 3.05) is 5.32 Å². The third-order valence-electron chi connectivity index (χ3n) is 2.45. The number of para-hydroxylation sites is 1. The Kier molecular flexibility index (Phi) is 3.32. The molecule has 1 aromatic heterocycles. The number of halogens is 2. The molecule has 0 aliphatic rings. The Morgan fingerprint density at radius 2 is 1.83 bits per heavy atom. The van der Waals surface area contributed by atoms with Crippen molar-refractivity contribution in [1.29, 1.82) is 0 Å². The Morgan fingerprint density at radius 3 is 2.44 bits per heavy atom. The van der Waals surface area contributed by atoms with Gasteiger partial charge in [-0.2, -0.15) is 0 Å². The molecule has 0 bridgehead atoms. The molecule has 0 saturated carbocycles. The fourth-order valence-corrected chi connectivity index (χ4v) is 1.52. The van der Waals surface area contributed by atoms with Gasteiger partial charge in [-0.1, -0.05) is 6.07 Å². The number of amides is 1. The number of anilines is 1. The van der Waals surface area contributed by atoms with E-state index in [1.54, 1.807) is 13.0 Å². The summed E-state index contributed by atoms with van der Waals surface area (Å²) in [6, 6.07) is 6.51. The fraction of sp³-hybridized carbons (Fsp3) is 0.0769. The second kappa shape index (κ2) is 4.91. The summed E-state index contributed by atoms with van der Waals surface area (Å²) < 4.78 is 26.7. The van der Waals surface area contributed by atoms with Gasteiger partial charge in [0.15, 0.2) is 0 Å². The number of hydrogen-bond donors (Lipinski definition) is 1. The number of rotatable bonds is 2. The van der Waals surface area contributed by atoms with Crippen LogP contribution in [0, 0.1) is 18.6 Å². The van der Waals surface area contributed by atoms with Crippen LogP contribution in [0.1, 0.15) is 16.1 Å². The van der Waals surface area contributed by atoms with Crippen LogP contribution >= 0.6 is 0 Å². The molecule has 5 heteroatoms. The molecule has 0 saturated heterocycles. The Morgan fingerprint density at radius 1 is 1.17 bits per heavy atom. The average molecular weight is 248 g/mol. The monoisotopic (exact) mass is 248 g/mol. The number of nitrogens with zero attached hydrogens (tertiary/aromatic N) is 1. The zero-order valence-corrected chi connectivity index (χ0v) is 9.58. The highest BCUT2D eigenvalue weighted by Crippen LogP contribution is 2.19. The molecule has 0 radical (unpaired) electrons. The molecule has 0 atom stereocenters. The first kappa shape index (κ1) is 12.2.